The van der Waals surface area contributed by atoms with Crippen LogP contribution in [0.4, 0.5) is 4.39 Å². The standard InChI is InChI=1S/C15H12Br3FO2/c1-20-13-7-11(17)14(21-2)6-10(13)15(18)9-5-8(16)3-4-12(9)19/h3-7,15H,1-2H3. The zero-order valence-corrected chi connectivity index (χ0v) is 16.1. The van der Waals surface area contributed by atoms with Crippen molar-refractivity contribution < 1.29 is 13.9 Å². The van der Waals surface area contributed by atoms with Crippen molar-refractivity contribution in [2.45, 2.75) is 4.83 Å². The molecule has 2 rings (SSSR count). The summed E-state index contributed by atoms with van der Waals surface area (Å²) < 4.78 is 26.3. The van der Waals surface area contributed by atoms with Crippen LogP contribution in [0.2, 0.25) is 0 Å². The van der Waals surface area contributed by atoms with Gasteiger partial charge >= 0.3 is 0 Å². The maximum absolute atomic E-state index is 14.1. The van der Waals surface area contributed by atoms with Gasteiger partial charge in [0.05, 0.1) is 23.5 Å². The summed E-state index contributed by atoms with van der Waals surface area (Å²) in [6.07, 6.45) is 0. The van der Waals surface area contributed by atoms with Gasteiger partial charge in [-0.25, -0.2) is 4.39 Å². The zero-order valence-electron chi connectivity index (χ0n) is 11.3. The molecule has 0 fully saturated rings. The number of alkyl halides is 1. The third-order valence-corrected chi connectivity index (χ3v) is 5.11. The van der Waals surface area contributed by atoms with Crippen LogP contribution in [0.1, 0.15) is 16.0 Å². The van der Waals surface area contributed by atoms with E-state index in [9.17, 15) is 4.39 Å². The lowest BCUT2D eigenvalue weighted by Crippen LogP contribution is -2.01. The van der Waals surface area contributed by atoms with Crippen molar-refractivity contribution in [2.75, 3.05) is 14.2 Å². The summed E-state index contributed by atoms with van der Waals surface area (Å²) in [5, 5.41) is 0. The van der Waals surface area contributed by atoms with Crippen LogP contribution in [0.5, 0.6) is 11.5 Å². The summed E-state index contributed by atoms with van der Waals surface area (Å²) in [5.74, 6) is 1.01. The number of methoxy groups -OCH3 is 2. The maximum atomic E-state index is 14.1. The Labute approximate surface area is 148 Å². The van der Waals surface area contributed by atoms with Gasteiger partial charge in [-0.1, -0.05) is 31.9 Å². The average Bonchev–Trinajstić information content (AvgIpc) is 2.48. The predicted molar refractivity (Wildman–Crippen MR) is 92.1 cm³/mol. The number of hydrogen-bond donors (Lipinski definition) is 0. The van der Waals surface area contributed by atoms with Gasteiger partial charge < -0.3 is 9.47 Å². The molecular weight excluding hydrogens is 471 g/mol. The van der Waals surface area contributed by atoms with Gasteiger partial charge in [-0.15, -0.1) is 0 Å². The molecule has 0 amide bonds. The van der Waals surface area contributed by atoms with E-state index in [-0.39, 0.29) is 10.6 Å². The summed E-state index contributed by atoms with van der Waals surface area (Å²) in [5.41, 5.74) is 1.31. The highest BCUT2D eigenvalue weighted by Gasteiger charge is 2.21. The van der Waals surface area contributed by atoms with Crippen LogP contribution in [0.15, 0.2) is 39.3 Å². The van der Waals surface area contributed by atoms with Gasteiger partial charge in [0.2, 0.25) is 0 Å². The van der Waals surface area contributed by atoms with E-state index in [1.165, 1.54) is 6.07 Å². The number of benzene rings is 2. The summed E-state index contributed by atoms with van der Waals surface area (Å²) in [6, 6.07) is 8.46. The van der Waals surface area contributed by atoms with Crippen LogP contribution in [-0.2, 0) is 0 Å². The molecule has 112 valence electrons. The van der Waals surface area contributed by atoms with E-state index in [4.69, 9.17) is 9.47 Å². The Bertz CT molecular complexity index is 662. The van der Waals surface area contributed by atoms with Crippen LogP contribution in [0, 0.1) is 5.82 Å². The fourth-order valence-corrected chi connectivity index (χ4v) is 3.53. The summed E-state index contributed by atoms with van der Waals surface area (Å²) >= 11 is 10.3. The SMILES string of the molecule is COc1cc(C(Br)c2cc(Br)ccc2F)c(OC)cc1Br. The molecule has 0 spiro atoms. The predicted octanol–water partition coefficient (Wildman–Crippen LogP) is 5.85. The second kappa shape index (κ2) is 7.11. The normalized spacial score (nSPS) is 12.1. The summed E-state index contributed by atoms with van der Waals surface area (Å²) in [6.45, 7) is 0. The van der Waals surface area contributed by atoms with E-state index in [1.54, 1.807) is 32.4 Å². The lowest BCUT2D eigenvalue weighted by Gasteiger charge is -2.17. The van der Waals surface area contributed by atoms with Crippen LogP contribution in [0.3, 0.4) is 0 Å². The maximum Gasteiger partial charge on any atom is 0.133 e. The second-order valence-corrected chi connectivity index (χ2v) is 6.94. The molecule has 0 N–H and O–H groups in total. The fraction of sp³-hybridized carbons (Fsp3) is 0.200. The monoisotopic (exact) mass is 480 g/mol. The van der Waals surface area contributed by atoms with Crippen molar-refractivity contribution in [3.8, 4) is 11.5 Å². The molecule has 0 saturated heterocycles. The highest BCUT2D eigenvalue weighted by Crippen LogP contribution is 2.42. The van der Waals surface area contributed by atoms with Gasteiger partial charge in [-0.3, -0.25) is 0 Å². The highest BCUT2D eigenvalue weighted by atomic mass is 79.9. The number of ether oxygens (including phenoxy) is 2. The van der Waals surface area contributed by atoms with Crippen molar-refractivity contribution in [2.24, 2.45) is 0 Å². The Kier molecular flexibility index (Phi) is 5.68. The minimum absolute atomic E-state index is 0.288. The summed E-state index contributed by atoms with van der Waals surface area (Å²) in [4.78, 5) is -0.355. The lowest BCUT2D eigenvalue weighted by atomic mass is 10.0. The number of hydrogen-bond acceptors (Lipinski definition) is 2. The molecule has 2 aromatic rings. The molecular formula is C15H12Br3FO2. The smallest absolute Gasteiger partial charge is 0.133 e. The minimum Gasteiger partial charge on any atom is -0.496 e. The van der Waals surface area contributed by atoms with Crippen molar-refractivity contribution in [3.63, 3.8) is 0 Å². The molecule has 0 aromatic heterocycles. The quantitative estimate of drug-likeness (QED) is 0.509. The van der Waals surface area contributed by atoms with E-state index < -0.39 is 0 Å². The first-order chi connectivity index (χ1) is 9.97. The number of halogens is 4. The second-order valence-electron chi connectivity index (χ2n) is 4.26. The molecule has 21 heavy (non-hydrogen) atoms. The van der Waals surface area contributed by atoms with Gasteiger partial charge in [0.25, 0.3) is 0 Å². The molecule has 2 aromatic carbocycles. The van der Waals surface area contributed by atoms with E-state index >= 15 is 0 Å². The van der Waals surface area contributed by atoms with Crippen LogP contribution in [-0.4, -0.2) is 14.2 Å². The Balaban J connectivity index is 2.56. The molecule has 1 atom stereocenters. The molecule has 0 bridgehead atoms. The molecule has 0 radical (unpaired) electrons. The molecule has 2 nitrogen and oxygen atoms in total. The Morgan fingerprint density at radius 2 is 1.62 bits per heavy atom. The first-order valence-electron chi connectivity index (χ1n) is 5.98. The number of rotatable bonds is 4. The molecule has 0 aliphatic carbocycles. The van der Waals surface area contributed by atoms with Crippen LogP contribution < -0.4 is 9.47 Å². The minimum atomic E-state index is -0.355. The van der Waals surface area contributed by atoms with Crippen molar-refractivity contribution in [3.05, 3.63) is 56.2 Å². The highest BCUT2D eigenvalue weighted by molar-refractivity contribution is 9.11. The van der Waals surface area contributed by atoms with Gasteiger partial charge in [0.1, 0.15) is 17.3 Å². The van der Waals surface area contributed by atoms with E-state index in [2.05, 4.69) is 47.8 Å². The van der Waals surface area contributed by atoms with Crippen molar-refractivity contribution in [1.82, 2.24) is 0 Å². The van der Waals surface area contributed by atoms with Gasteiger partial charge in [0, 0.05) is 15.6 Å². The van der Waals surface area contributed by atoms with Gasteiger partial charge in [-0.2, -0.15) is 0 Å². The van der Waals surface area contributed by atoms with Gasteiger partial charge in [-0.05, 0) is 46.3 Å². The Morgan fingerprint density at radius 3 is 2.24 bits per heavy atom. The van der Waals surface area contributed by atoms with Crippen molar-refractivity contribution >= 4 is 47.8 Å². The molecule has 0 saturated carbocycles. The first-order valence-corrected chi connectivity index (χ1v) is 8.48. The Morgan fingerprint density at radius 1 is 0.952 bits per heavy atom. The van der Waals surface area contributed by atoms with E-state index in [0.29, 0.717) is 17.1 Å². The largest absolute Gasteiger partial charge is 0.496 e. The lowest BCUT2D eigenvalue weighted by molar-refractivity contribution is 0.397. The molecule has 0 aliphatic heterocycles. The summed E-state index contributed by atoms with van der Waals surface area (Å²) in [7, 11) is 3.16. The third kappa shape index (κ3) is 3.60. The fourth-order valence-electron chi connectivity index (χ4n) is 1.96. The van der Waals surface area contributed by atoms with E-state index in [1.807, 2.05) is 6.07 Å². The molecule has 0 aliphatic rings. The third-order valence-electron chi connectivity index (χ3n) is 3.01. The van der Waals surface area contributed by atoms with Crippen molar-refractivity contribution in [1.29, 1.82) is 0 Å². The van der Waals surface area contributed by atoms with E-state index in [0.717, 1.165) is 14.5 Å². The zero-order chi connectivity index (χ0) is 15.6. The Hall–Kier alpha value is -0.590. The average molecular weight is 483 g/mol. The molecule has 6 heteroatoms. The molecule has 1 unspecified atom stereocenters. The topological polar surface area (TPSA) is 18.5 Å². The van der Waals surface area contributed by atoms with Crippen LogP contribution in [0.25, 0.3) is 0 Å². The van der Waals surface area contributed by atoms with Gasteiger partial charge in [0.15, 0.2) is 0 Å². The molecule has 0 heterocycles. The van der Waals surface area contributed by atoms with Crippen LogP contribution >= 0.6 is 47.8 Å². The first kappa shape index (κ1) is 16.8.